The van der Waals surface area contributed by atoms with Crippen LogP contribution in [0.4, 0.5) is 0 Å². The molecule has 53 heavy (non-hydrogen) atoms. The first-order chi connectivity index (χ1) is 25.5. The van der Waals surface area contributed by atoms with E-state index in [0.29, 0.717) is 46.7 Å². The Morgan fingerprint density at radius 2 is 1.38 bits per heavy atom. The summed E-state index contributed by atoms with van der Waals surface area (Å²) >= 11 is 0. The predicted molar refractivity (Wildman–Crippen MR) is 204 cm³/mol. The van der Waals surface area contributed by atoms with Crippen LogP contribution in [0.5, 0.6) is 11.5 Å². The molecule has 12 heteroatoms. The molecule has 0 aromatic heterocycles. The normalized spacial score (nSPS) is 17.1. The molecule has 0 aliphatic carbocycles. The van der Waals surface area contributed by atoms with Gasteiger partial charge in [-0.3, -0.25) is 19.2 Å². The van der Waals surface area contributed by atoms with E-state index in [1.54, 1.807) is 37.3 Å². The standard InChI is InChI=1S/C41H48N6O6/c1-25-5-8-29(9-6-25)30-10-12-31(13-11-30)40(50)44-24-37(48)47(4)38-32-14-16-36(53-20-18-43)34(23-32)33-22-28(7-15-35(33)52-19-17-42)21-26(2)45-39(49)27(3)46-41(38)51/h5-16,22-23,26-27,38H,17-21,24,42-43H2,1-4H3,(H,44,50)(H,45,49)(H,46,51)/t26?,27-,38?/m0/s1. The van der Waals surface area contributed by atoms with Gasteiger partial charge in [0.15, 0.2) is 0 Å². The maximum absolute atomic E-state index is 14.1. The Hall–Kier alpha value is -5.72. The van der Waals surface area contributed by atoms with E-state index in [-0.39, 0.29) is 38.3 Å². The molecule has 1 aliphatic heterocycles. The summed E-state index contributed by atoms with van der Waals surface area (Å²) < 4.78 is 12.1. The summed E-state index contributed by atoms with van der Waals surface area (Å²) in [6, 6.07) is 23.8. The van der Waals surface area contributed by atoms with Gasteiger partial charge in [0, 0.05) is 42.9 Å². The van der Waals surface area contributed by atoms with E-state index in [1.165, 1.54) is 11.9 Å². The van der Waals surface area contributed by atoms with Crippen LogP contribution in [0.1, 0.15) is 46.9 Å². The van der Waals surface area contributed by atoms with E-state index >= 15 is 0 Å². The molecule has 4 bridgehead atoms. The number of hydrogen-bond donors (Lipinski definition) is 5. The van der Waals surface area contributed by atoms with E-state index in [9.17, 15) is 19.2 Å². The molecule has 0 saturated carbocycles. The molecule has 0 spiro atoms. The van der Waals surface area contributed by atoms with Crippen molar-refractivity contribution in [1.82, 2.24) is 20.9 Å². The number of carbonyl (C=O) groups is 4. The number of aryl methyl sites for hydroxylation is 1. The van der Waals surface area contributed by atoms with Gasteiger partial charge >= 0.3 is 0 Å². The number of rotatable bonds is 11. The third-order valence-corrected chi connectivity index (χ3v) is 9.05. The van der Waals surface area contributed by atoms with Gasteiger partial charge < -0.3 is 41.8 Å². The van der Waals surface area contributed by atoms with Crippen LogP contribution in [0.15, 0.2) is 84.9 Å². The van der Waals surface area contributed by atoms with Crippen molar-refractivity contribution >= 4 is 23.6 Å². The molecule has 0 saturated heterocycles. The van der Waals surface area contributed by atoms with Gasteiger partial charge in [-0.05, 0) is 85.8 Å². The maximum Gasteiger partial charge on any atom is 0.251 e. The minimum Gasteiger partial charge on any atom is -0.492 e. The van der Waals surface area contributed by atoms with Crippen molar-refractivity contribution in [1.29, 1.82) is 0 Å². The van der Waals surface area contributed by atoms with Crippen molar-refractivity contribution in [2.24, 2.45) is 11.5 Å². The third kappa shape index (κ3) is 9.59. The molecule has 4 aromatic rings. The van der Waals surface area contributed by atoms with Crippen LogP contribution in [-0.2, 0) is 20.8 Å². The summed E-state index contributed by atoms with van der Waals surface area (Å²) in [5, 5.41) is 8.45. The highest BCUT2D eigenvalue weighted by molar-refractivity contribution is 5.98. The lowest BCUT2D eigenvalue weighted by atomic mass is 9.94. The first-order valence-electron chi connectivity index (χ1n) is 17.7. The predicted octanol–water partition coefficient (Wildman–Crippen LogP) is 3.50. The van der Waals surface area contributed by atoms with E-state index < -0.39 is 29.8 Å². The number of benzene rings is 4. The van der Waals surface area contributed by atoms with Gasteiger partial charge in [0.25, 0.3) is 5.91 Å². The van der Waals surface area contributed by atoms with E-state index in [0.717, 1.165) is 22.3 Å². The highest BCUT2D eigenvalue weighted by atomic mass is 16.5. The van der Waals surface area contributed by atoms with Crippen LogP contribution < -0.4 is 36.9 Å². The number of nitrogens with zero attached hydrogens (tertiary/aromatic N) is 1. The van der Waals surface area contributed by atoms with Crippen LogP contribution in [0, 0.1) is 6.92 Å². The summed E-state index contributed by atoms with van der Waals surface area (Å²) in [4.78, 5) is 55.4. The molecule has 7 N–H and O–H groups in total. The quantitative estimate of drug-likeness (QED) is 0.156. The lowest BCUT2D eigenvalue weighted by Gasteiger charge is -2.30. The zero-order valence-electron chi connectivity index (χ0n) is 30.6. The number of hydrogen-bond acceptors (Lipinski definition) is 8. The van der Waals surface area contributed by atoms with Crippen molar-refractivity contribution in [3.05, 3.63) is 107 Å². The smallest absolute Gasteiger partial charge is 0.251 e. The molecule has 1 aliphatic rings. The second-order valence-electron chi connectivity index (χ2n) is 13.2. The zero-order chi connectivity index (χ0) is 38.1. The average Bonchev–Trinajstić information content (AvgIpc) is 3.15. The fourth-order valence-electron chi connectivity index (χ4n) is 6.20. The van der Waals surface area contributed by atoms with Crippen LogP contribution in [-0.4, -0.2) is 80.5 Å². The van der Waals surface area contributed by atoms with Gasteiger partial charge in [-0.25, -0.2) is 0 Å². The Kier molecular flexibility index (Phi) is 12.8. The highest BCUT2D eigenvalue weighted by Gasteiger charge is 2.32. The topological polar surface area (TPSA) is 178 Å². The Bertz CT molecular complexity index is 1930. The number of ether oxygens (including phenoxy) is 2. The average molecular weight is 721 g/mol. The maximum atomic E-state index is 14.1. The number of amides is 4. The van der Waals surface area contributed by atoms with Gasteiger partial charge in [0.05, 0.1) is 6.54 Å². The van der Waals surface area contributed by atoms with Gasteiger partial charge in [-0.1, -0.05) is 54.1 Å². The molecule has 2 unspecified atom stereocenters. The van der Waals surface area contributed by atoms with E-state index in [1.807, 2.05) is 68.4 Å². The second-order valence-corrected chi connectivity index (χ2v) is 13.2. The van der Waals surface area contributed by atoms with Crippen LogP contribution in [0.3, 0.4) is 0 Å². The Labute approximate surface area is 310 Å². The molecular weight excluding hydrogens is 672 g/mol. The summed E-state index contributed by atoms with van der Waals surface area (Å²) in [5.74, 6) is -0.867. The molecule has 12 nitrogen and oxygen atoms in total. The number of fused-ring (bicyclic) bond motifs is 5. The molecule has 278 valence electrons. The molecule has 4 aromatic carbocycles. The summed E-state index contributed by atoms with van der Waals surface area (Å²) in [6.45, 7) is 6.19. The SMILES string of the molecule is Cc1ccc(-c2ccc(C(=O)NCC(=O)N(C)C3C(=O)N[C@@H](C)C(=O)NC(C)Cc4ccc(OCCN)c(c4)-c4cc3ccc4OCCN)cc2)cc1. The van der Waals surface area contributed by atoms with Gasteiger partial charge in [-0.15, -0.1) is 0 Å². The van der Waals surface area contributed by atoms with Gasteiger partial charge in [0.2, 0.25) is 17.7 Å². The summed E-state index contributed by atoms with van der Waals surface area (Å²) in [7, 11) is 1.49. The second kappa shape index (κ2) is 17.7. The molecule has 5 rings (SSSR count). The van der Waals surface area contributed by atoms with Crippen LogP contribution in [0.25, 0.3) is 22.3 Å². The van der Waals surface area contributed by atoms with Crippen LogP contribution >= 0.6 is 0 Å². The van der Waals surface area contributed by atoms with Crippen molar-refractivity contribution in [2.75, 3.05) is 39.9 Å². The minimum atomic E-state index is -1.19. The summed E-state index contributed by atoms with van der Waals surface area (Å²) in [6.07, 6.45) is 0.512. The molecular formula is C41H48N6O6. The molecule has 0 fully saturated rings. The number of carbonyl (C=O) groups excluding carboxylic acids is 4. The minimum absolute atomic E-state index is 0.238. The van der Waals surface area contributed by atoms with E-state index in [4.69, 9.17) is 20.9 Å². The molecule has 3 atom stereocenters. The first kappa shape index (κ1) is 38.5. The molecule has 1 heterocycles. The lowest BCUT2D eigenvalue weighted by Crippen LogP contribution is -2.52. The van der Waals surface area contributed by atoms with Crippen molar-refractivity contribution in [2.45, 2.75) is 45.3 Å². The fraction of sp³-hybridized carbons (Fsp3) is 0.317. The van der Waals surface area contributed by atoms with E-state index in [2.05, 4.69) is 16.0 Å². The van der Waals surface area contributed by atoms with Crippen molar-refractivity contribution < 1.29 is 28.7 Å². The Balaban J connectivity index is 1.47. The van der Waals surface area contributed by atoms with Crippen molar-refractivity contribution in [3.63, 3.8) is 0 Å². The van der Waals surface area contributed by atoms with Gasteiger partial charge in [-0.2, -0.15) is 0 Å². The van der Waals surface area contributed by atoms with Crippen LogP contribution in [0.2, 0.25) is 0 Å². The highest BCUT2D eigenvalue weighted by Crippen LogP contribution is 2.40. The largest absolute Gasteiger partial charge is 0.492 e. The number of nitrogens with two attached hydrogens (primary N) is 2. The van der Waals surface area contributed by atoms with Crippen molar-refractivity contribution in [3.8, 4) is 33.8 Å². The molecule has 0 radical (unpaired) electrons. The first-order valence-corrected chi connectivity index (χ1v) is 17.7. The third-order valence-electron chi connectivity index (χ3n) is 9.05. The lowest BCUT2D eigenvalue weighted by molar-refractivity contribution is -0.139. The monoisotopic (exact) mass is 720 g/mol. The zero-order valence-corrected chi connectivity index (χ0v) is 30.6. The Morgan fingerprint density at radius 3 is 2.00 bits per heavy atom. The Morgan fingerprint density at radius 1 is 0.792 bits per heavy atom. The van der Waals surface area contributed by atoms with Gasteiger partial charge in [0.1, 0.15) is 36.8 Å². The number of likely N-dealkylation sites (N-methyl/N-ethyl adjacent to an activating group) is 1. The number of nitrogens with one attached hydrogen (secondary N) is 3. The molecule has 4 amide bonds. The summed E-state index contributed by atoms with van der Waals surface area (Å²) in [5.41, 5.74) is 17.8. The fourth-order valence-corrected chi connectivity index (χ4v) is 6.20.